The number of alkyl halides is 3. The van der Waals surface area contributed by atoms with Crippen LogP contribution in [0.4, 0.5) is 13.2 Å². The van der Waals surface area contributed by atoms with Crippen LogP contribution in [0.25, 0.3) is 0 Å². The first kappa shape index (κ1) is 15.8. The van der Waals surface area contributed by atoms with Gasteiger partial charge in [-0.25, -0.2) is 9.97 Å². The first-order valence-corrected chi connectivity index (χ1v) is 6.70. The van der Waals surface area contributed by atoms with Crippen LogP contribution >= 0.6 is 11.6 Å². The second-order valence-electron chi connectivity index (χ2n) is 4.70. The van der Waals surface area contributed by atoms with E-state index in [4.69, 9.17) is 16.3 Å². The van der Waals surface area contributed by atoms with E-state index in [1.807, 2.05) is 0 Å². The van der Waals surface area contributed by atoms with Crippen molar-refractivity contribution in [3.63, 3.8) is 0 Å². The molecule has 1 aromatic rings. The van der Waals surface area contributed by atoms with E-state index >= 15 is 0 Å². The lowest BCUT2D eigenvalue weighted by atomic mass is 10.1. The third kappa shape index (κ3) is 5.04. The van der Waals surface area contributed by atoms with Crippen molar-refractivity contribution in [1.29, 1.82) is 0 Å². The van der Waals surface area contributed by atoms with Crippen LogP contribution in [0.1, 0.15) is 19.3 Å². The fourth-order valence-corrected chi connectivity index (χ4v) is 2.15. The number of hydrogen-bond acceptors (Lipinski definition) is 4. The summed E-state index contributed by atoms with van der Waals surface area (Å²) in [5, 5.41) is 0.355. The Morgan fingerprint density at radius 1 is 1.43 bits per heavy atom. The minimum atomic E-state index is -4.50. The highest BCUT2D eigenvalue weighted by Crippen LogP contribution is 2.23. The predicted molar refractivity (Wildman–Crippen MR) is 67.9 cm³/mol. The Morgan fingerprint density at radius 2 is 2.10 bits per heavy atom. The van der Waals surface area contributed by atoms with Gasteiger partial charge in [0.15, 0.2) is 0 Å². The number of carbonyl (C=O) groups excluding carboxylic acids is 1. The van der Waals surface area contributed by atoms with Gasteiger partial charge in [0.25, 0.3) is 0 Å². The highest BCUT2D eigenvalue weighted by molar-refractivity contribution is 6.30. The van der Waals surface area contributed by atoms with E-state index in [1.165, 1.54) is 12.4 Å². The molecule has 0 spiro atoms. The summed E-state index contributed by atoms with van der Waals surface area (Å²) in [6.07, 6.45) is -2.44. The summed E-state index contributed by atoms with van der Waals surface area (Å²) in [5.74, 6) is -0.937. The van der Waals surface area contributed by atoms with Crippen molar-refractivity contribution in [3.8, 4) is 6.01 Å². The third-order valence-corrected chi connectivity index (χ3v) is 3.15. The fourth-order valence-electron chi connectivity index (χ4n) is 2.05. The molecule has 1 aromatic heterocycles. The number of halogens is 4. The molecule has 0 aliphatic carbocycles. The molecule has 0 bridgehead atoms. The van der Waals surface area contributed by atoms with Crippen LogP contribution in [-0.2, 0) is 4.79 Å². The Bertz CT molecular complexity index is 496. The molecule has 1 amide bonds. The lowest BCUT2D eigenvalue weighted by Gasteiger charge is -2.32. The first-order valence-electron chi connectivity index (χ1n) is 6.32. The standard InChI is InChI=1S/C12H13ClF3N3O2/c13-8-5-17-11(18-6-8)21-9-2-1-3-19(7-9)10(20)4-12(14,15)16/h5-6,9H,1-4,7H2. The van der Waals surface area contributed by atoms with Crippen LogP contribution in [0.2, 0.25) is 5.02 Å². The maximum Gasteiger partial charge on any atom is 0.397 e. The number of amides is 1. The number of piperidine rings is 1. The van der Waals surface area contributed by atoms with E-state index in [1.54, 1.807) is 0 Å². The number of hydrogen-bond donors (Lipinski definition) is 0. The highest BCUT2D eigenvalue weighted by atomic mass is 35.5. The van der Waals surface area contributed by atoms with Gasteiger partial charge in [-0.1, -0.05) is 11.6 Å². The second-order valence-corrected chi connectivity index (χ2v) is 5.13. The van der Waals surface area contributed by atoms with E-state index in [-0.39, 0.29) is 12.6 Å². The van der Waals surface area contributed by atoms with Crippen LogP contribution in [0, 0.1) is 0 Å². The topological polar surface area (TPSA) is 55.3 Å². The first-order chi connectivity index (χ1) is 9.83. The molecule has 9 heteroatoms. The minimum Gasteiger partial charge on any atom is -0.458 e. The zero-order valence-corrected chi connectivity index (χ0v) is 11.7. The van der Waals surface area contributed by atoms with Crippen molar-refractivity contribution in [2.75, 3.05) is 13.1 Å². The van der Waals surface area contributed by atoms with Gasteiger partial charge in [0, 0.05) is 6.54 Å². The number of aromatic nitrogens is 2. The van der Waals surface area contributed by atoms with E-state index < -0.39 is 24.6 Å². The molecule has 21 heavy (non-hydrogen) atoms. The molecule has 0 N–H and O–H groups in total. The molecule has 0 radical (unpaired) electrons. The molecule has 1 fully saturated rings. The number of nitrogens with zero attached hydrogens (tertiary/aromatic N) is 3. The minimum absolute atomic E-state index is 0.0921. The summed E-state index contributed by atoms with van der Waals surface area (Å²) in [6.45, 7) is 0.400. The lowest BCUT2D eigenvalue weighted by Crippen LogP contribution is -2.45. The SMILES string of the molecule is O=C(CC(F)(F)F)N1CCCC(Oc2ncc(Cl)cn2)C1. The van der Waals surface area contributed by atoms with Gasteiger partial charge >= 0.3 is 12.2 Å². The third-order valence-electron chi connectivity index (χ3n) is 2.95. The molecule has 1 atom stereocenters. The van der Waals surface area contributed by atoms with E-state index in [2.05, 4.69) is 9.97 Å². The maximum absolute atomic E-state index is 12.2. The summed E-state index contributed by atoms with van der Waals surface area (Å²) >= 11 is 5.64. The number of rotatable bonds is 3. The largest absolute Gasteiger partial charge is 0.458 e. The molecular weight excluding hydrogens is 311 g/mol. The molecule has 1 aliphatic rings. The number of likely N-dealkylation sites (tertiary alicyclic amines) is 1. The molecule has 1 unspecified atom stereocenters. The van der Waals surface area contributed by atoms with Gasteiger partial charge in [-0.3, -0.25) is 4.79 Å². The number of carbonyl (C=O) groups is 1. The van der Waals surface area contributed by atoms with E-state index in [0.29, 0.717) is 24.4 Å². The monoisotopic (exact) mass is 323 g/mol. The van der Waals surface area contributed by atoms with Gasteiger partial charge in [0.1, 0.15) is 12.5 Å². The maximum atomic E-state index is 12.2. The van der Waals surface area contributed by atoms with Crippen molar-refractivity contribution >= 4 is 17.5 Å². The molecule has 0 aromatic carbocycles. The van der Waals surface area contributed by atoms with Gasteiger partial charge < -0.3 is 9.64 Å². The molecule has 0 saturated carbocycles. The van der Waals surface area contributed by atoms with Crippen molar-refractivity contribution in [3.05, 3.63) is 17.4 Å². The summed E-state index contributed by atoms with van der Waals surface area (Å²) in [6, 6.07) is 0.0921. The van der Waals surface area contributed by atoms with E-state index in [9.17, 15) is 18.0 Å². The summed E-state index contributed by atoms with van der Waals surface area (Å²) in [5.41, 5.74) is 0. The van der Waals surface area contributed by atoms with Crippen molar-refractivity contribution < 1.29 is 22.7 Å². The lowest BCUT2D eigenvalue weighted by molar-refractivity contribution is -0.163. The normalized spacial score (nSPS) is 19.4. The zero-order chi connectivity index (χ0) is 15.5. The van der Waals surface area contributed by atoms with Crippen LogP contribution in [0.5, 0.6) is 6.01 Å². The smallest absolute Gasteiger partial charge is 0.397 e. The van der Waals surface area contributed by atoms with Crippen LogP contribution in [0.3, 0.4) is 0 Å². The van der Waals surface area contributed by atoms with E-state index in [0.717, 1.165) is 4.90 Å². The van der Waals surface area contributed by atoms with Gasteiger partial charge in [0.05, 0.1) is 24.0 Å². The van der Waals surface area contributed by atoms with Gasteiger partial charge in [-0.2, -0.15) is 13.2 Å². The zero-order valence-electron chi connectivity index (χ0n) is 10.9. The second kappa shape index (κ2) is 6.46. The van der Waals surface area contributed by atoms with Gasteiger partial charge in [-0.15, -0.1) is 0 Å². The molecular formula is C12H13ClF3N3O2. The van der Waals surface area contributed by atoms with Crippen LogP contribution < -0.4 is 4.74 Å². The Hall–Kier alpha value is -1.57. The van der Waals surface area contributed by atoms with Crippen molar-refractivity contribution in [2.45, 2.75) is 31.5 Å². The molecule has 116 valence electrons. The Labute approximate surface area is 124 Å². The Morgan fingerprint density at radius 3 is 2.71 bits per heavy atom. The molecule has 2 rings (SSSR count). The predicted octanol–water partition coefficient (Wildman–Crippen LogP) is 2.45. The fraction of sp³-hybridized carbons (Fsp3) is 0.583. The molecule has 5 nitrogen and oxygen atoms in total. The molecule has 1 saturated heterocycles. The average Bonchev–Trinajstić information content (AvgIpc) is 2.40. The van der Waals surface area contributed by atoms with Crippen molar-refractivity contribution in [1.82, 2.24) is 14.9 Å². The average molecular weight is 324 g/mol. The summed E-state index contributed by atoms with van der Waals surface area (Å²) < 4.78 is 42.2. The van der Waals surface area contributed by atoms with Gasteiger partial charge in [0.2, 0.25) is 5.91 Å². The highest BCUT2D eigenvalue weighted by Gasteiger charge is 2.35. The van der Waals surface area contributed by atoms with Crippen molar-refractivity contribution in [2.24, 2.45) is 0 Å². The number of ether oxygens (including phenoxy) is 1. The Balaban J connectivity index is 1.91. The quantitative estimate of drug-likeness (QED) is 0.857. The summed E-state index contributed by atoms with van der Waals surface area (Å²) in [4.78, 5) is 20.4. The Kier molecular flexibility index (Phi) is 4.87. The molecule has 2 heterocycles. The van der Waals surface area contributed by atoms with Gasteiger partial charge in [-0.05, 0) is 12.8 Å². The molecule has 1 aliphatic heterocycles. The summed E-state index contributed by atoms with van der Waals surface area (Å²) in [7, 11) is 0. The van der Waals surface area contributed by atoms with Crippen LogP contribution in [-0.4, -0.2) is 46.1 Å². The van der Waals surface area contributed by atoms with Crippen LogP contribution in [0.15, 0.2) is 12.4 Å².